The third-order valence-corrected chi connectivity index (χ3v) is 3.04. The zero-order chi connectivity index (χ0) is 12.4. The fourth-order valence-electron chi connectivity index (χ4n) is 2.27. The Balaban J connectivity index is 2.20. The number of fused-ring (bicyclic) bond motifs is 1. The van der Waals surface area contributed by atoms with E-state index in [2.05, 4.69) is 11.5 Å². The molecule has 0 unspecified atom stereocenters. The van der Waals surface area contributed by atoms with Gasteiger partial charge in [0.1, 0.15) is 0 Å². The smallest absolute Gasteiger partial charge is 0.335 e. The van der Waals surface area contributed by atoms with E-state index in [9.17, 15) is 4.79 Å². The second kappa shape index (κ2) is 4.72. The summed E-state index contributed by atoms with van der Waals surface area (Å²) in [5.41, 5.74) is 3.93. The van der Waals surface area contributed by atoms with Crippen molar-refractivity contribution in [2.75, 3.05) is 13.1 Å². The number of rotatable bonds is 3. The summed E-state index contributed by atoms with van der Waals surface area (Å²) in [5.74, 6) is -0.857. The lowest BCUT2D eigenvalue weighted by Gasteiger charge is -2.29. The fourth-order valence-corrected chi connectivity index (χ4v) is 2.27. The van der Waals surface area contributed by atoms with Gasteiger partial charge in [0.2, 0.25) is 0 Å². The Labute approximate surface area is 101 Å². The molecule has 0 radical (unpaired) electrons. The first-order valence-electron chi connectivity index (χ1n) is 5.78. The normalized spacial score (nSPS) is 15.4. The van der Waals surface area contributed by atoms with Gasteiger partial charge in [-0.3, -0.25) is 4.90 Å². The van der Waals surface area contributed by atoms with E-state index >= 15 is 0 Å². The number of hydrogen-bond acceptors (Lipinski definition) is 2. The Hall–Kier alpha value is -1.61. The molecule has 2 rings (SSSR count). The van der Waals surface area contributed by atoms with Crippen LogP contribution in [0.2, 0.25) is 0 Å². The minimum Gasteiger partial charge on any atom is -0.478 e. The largest absolute Gasteiger partial charge is 0.478 e. The highest BCUT2D eigenvalue weighted by Gasteiger charge is 2.17. The topological polar surface area (TPSA) is 40.5 Å². The summed E-state index contributed by atoms with van der Waals surface area (Å²) in [7, 11) is 0. The van der Waals surface area contributed by atoms with Gasteiger partial charge in [0.15, 0.2) is 0 Å². The van der Waals surface area contributed by atoms with E-state index < -0.39 is 5.97 Å². The van der Waals surface area contributed by atoms with E-state index in [-0.39, 0.29) is 0 Å². The van der Waals surface area contributed by atoms with Crippen LogP contribution in [0.1, 0.15) is 28.4 Å². The number of carboxylic acid groups (broad SMARTS) is 1. The summed E-state index contributed by atoms with van der Waals surface area (Å²) >= 11 is 0. The molecule has 1 aliphatic heterocycles. The van der Waals surface area contributed by atoms with Crippen molar-refractivity contribution >= 4 is 5.97 Å². The molecule has 3 heteroatoms. The Kier molecular flexibility index (Phi) is 3.29. The first-order chi connectivity index (χ1) is 8.06. The zero-order valence-electron chi connectivity index (χ0n) is 10.1. The van der Waals surface area contributed by atoms with Crippen molar-refractivity contribution in [1.82, 2.24) is 4.90 Å². The molecule has 1 aromatic rings. The molecule has 0 saturated heterocycles. The predicted octanol–water partition coefficient (Wildman–Crippen LogP) is 2.32. The minimum atomic E-state index is -0.857. The molecular formula is C14H17NO2. The molecule has 1 aromatic carbocycles. The van der Waals surface area contributed by atoms with E-state index in [1.807, 2.05) is 13.0 Å². The minimum absolute atomic E-state index is 0.376. The van der Waals surface area contributed by atoms with Gasteiger partial charge in [-0.15, -0.1) is 0 Å². The molecule has 90 valence electrons. The van der Waals surface area contributed by atoms with Crippen LogP contribution in [0, 0.1) is 0 Å². The Morgan fingerprint density at radius 2 is 2.24 bits per heavy atom. The summed E-state index contributed by atoms with van der Waals surface area (Å²) in [6.07, 6.45) is 0.989. The average molecular weight is 231 g/mol. The van der Waals surface area contributed by atoms with Crippen molar-refractivity contribution < 1.29 is 9.90 Å². The van der Waals surface area contributed by atoms with Gasteiger partial charge >= 0.3 is 5.97 Å². The lowest BCUT2D eigenvalue weighted by Crippen LogP contribution is -2.31. The Morgan fingerprint density at radius 1 is 1.47 bits per heavy atom. The number of carboxylic acids is 1. The second-order valence-electron chi connectivity index (χ2n) is 4.71. The van der Waals surface area contributed by atoms with Crippen molar-refractivity contribution in [2.24, 2.45) is 0 Å². The molecule has 1 aliphatic rings. The lowest BCUT2D eigenvalue weighted by molar-refractivity contribution is 0.0696. The number of hydrogen-bond donors (Lipinski definition) is 1. The first kappa shape index (κ1) is 11.9. The van der Waals surface area contributed by atoms with Crippen molar-refractivity contribution in [1.29, 1.82) is 0 Å². The SMILES string of the molecule is C=C(C)CN1CCc2ccc(C(=O)O)cc2C1. The molecule has 17 heavy (non-hydrogen) atoms. The van der Waals surface area contributed by atoms with E-state index in [1.165, 1.54) is 5.56 Å². The van der Waals surface area contributed by atoms with E-state index in [1.54, 1.807) is 12.1 Å². The monoisotopic (exact) mass is 231 g/mol. The standard InChI is InChI=1S/C14H17NO2/c1-10(2)8-15-6-5-11-3-4-12(14(16)17)7-13(11)9-15/h3-4,7H,1,5-6,8-9H2,2H3,(H,16,17). The van der Waals surface area contributed by atoms with Gasteiger partial charge in [-0.05, 0) is 36.6 Å². The van der Waals surface area contributed by atoms with Gasteiger partial charge in [0.05, 0.1) is 5.56 Å². The summed E-state index contributed by atoms with van der Waals surface area (Å²) in [6.45, 7) is 8.66. The third kappa shape index (κ3) is 2.74. The van der Waals surface area contributed by atoms with E-state index in [0.717, 1.165) is 37.2 Å². The van der Waals surface area contributed by atoms with Crippen LogP contribution in [0.5, 0.6) is 0 Å². The van der Waals surface area contributed by atoms with Crippen molar-refractivity contribution in [3.8, 4) is 0 Å². The summed E-state index contributed by atoms with van der Waals surface area (Å²) < 4.78 is 0. The van der Waals surface area contributed by atoms with Gasteiger partial charge in [-0.1, -0.05) is 18.2 Å². The van der Waals surface area contributed by atoms with Crippen LogP contribution in [0.3, 0.4) is 0 Å². The van der Waals surface area contributed by atoms with Gasteiger partial charge in [-0.25, -0.2) is 4.79 Å². The maximum atomic E-state index is 10.9. The number of carbonyl (C=O) groups is 1. The molecule has 0 spiro atoms. The van der Waals surface area contributed by atoms with Crippen LogP contribution in [-0.2, 0) is 13.0 Å². The first-order valence-corrected chi connectivity index (χ1v) is 5.78. The van der Waals surface area contributed by atoms with Crippen LogP contribution in [0.25, 0.3) is 0 Å². The number of nitrogens with zero attached hydrogens (tertiary/aromatic N) is 1. The highest BCUT2D eigenvalue weighted by Crippen LogP contribution is 2.20. The van der Waals surface area contributed by atoms with Gasteiger partial charge in [-0.2, -0.15) is 0 Å². The summed E-state index contributed by atoms with van der Waals surface area (Å²) in [5, 5.41) is 8.97. The second-order valence-corrected chi connectivity index (χ2v) is 4.71. The predicted molar refractivity (Wildman–Crippen MR) is 67.2 cm³/mol. The van der Waals surface area contributed by atoms with Crippen molar-refractivity contribution in [2.45, 2.75) is 19.9 Å². The van der Waals surface area contributed by atoms with Gasteiger partial charge in [0, 0.05) is 19.6 Å². The number of aromatic carboxylic acids is 1. The van der Waals surface area contributed by atoms with Crippen molar-refractivity contribution in [3.05, 3.63) is 47.0 Å². The molecule has 1 heterocycles. The van der Waals surface area contributed by atoms with Crippen LogP contribution in [-0.4, -0.2) is 29.1 Å². The highest BCUT2D eigenvalue weighted by molar-refractivity contribution is 5.87. The molecule has 0 atom stereocenters. The average Bonchev–Trinajstić information content (AvgIpc) is 2.27. The van der Waals surface area contributed by atoms with E-state index in [0.29, 0.717) is 5.56 Å². The van der Waals surface area contributed by atoms with E-state index in [4.69, 9.17) is 5.11 Å². The Morgan fingerprint density at radius 3 is 2.88 bits per heavy atom. The maximum Gasteiger partial charge on any atom is 0.335 e. The van der Waals surface area contributed by atoms with Gasteiger partial charge < -0.3 is 5.11 Å². The summed E-state index contributed by atoms with van der Waals surface area (Å²) in [6, 6.07) is 5.43. The third-order valence-electron chi connectivity index (χ3n) is 3.04. The highest BCUT2D eigenvalue weighted by atomic mass is 16.4. The number of benzene rings is 1. The quantitative estimate of drug-likeness (QED) is 0.812. The molecule has 0 aliphatic carbocycles. The lowest BCUT2D eigenvalue weighted by atomic mass is 9.97. The molecule has 3 nitrogen and oxygen atoms in total. The van der Waals surface area contributed by atoms with Crippen LogP contribution < -0.4 is 0 Å². The molecule has 0 amide bonds. The van der Waals surface area contributed by atoms with Crippen molar-refractivity contribution in [3.63, 3.8) is 0 Å². The van der Waals surface area contributed by atoms with Crippen LogP contribution >= 0.6 is 0 Å². The molecule has 0 bridgehead atoms. The molecule has 1 N–H and O–H groups in total. The van der Waals surface area contributed by atoms with Crippen LogP contribution in [0.15, 0.2) is 30.4 Å². The fraction of sp³-hybridized carbons (Fsp3) is 0.357. The summed E-state index contributed by atoms with van der Waals surface area (Å²) in [4.78, 5) is 13.2. The molecule has 0 fully saturated rings. The Bertz CT molecular complexity index is 465. The molecule has 0 aromatic heterocycles. The molecular weight excluding hydrogens is 214 g/mol. The maximum absolute atomic E-state index is 10.9. The van der Waals surface area contributed by atoms with Crippen LogP contribution in [0.4, 0.5) is 0 Å². The molecule has 0 saturated carbocycles. The zero-order valence-corrected chi connectivity index (χ0v) is 10.1. The van der Waals surface area contributed by atoms with Gasteiger partial charge in [0.25, 0.3) is 0 Å².